The van der Waals surface area contributed by atoms with Crippen molar-refractivity contribution in [1.29, 1.82) is 0 Å². The lowest BCUT2D eigenvalue weighted by Crippen LogP contribution is -1.89. The minimum Gasteiger partial charge on any atom is -0.497 e. The Hall–Kier alpha value is 0.196. The third-order valence-corrected chi connectivity index (χ3v) is 2.31. The van der Waals surface area contributed by atoms with E-state index < -0.39 is 20.9 Å². The largest absolute Gasteiger partial charge is 0.619 e. The fourth-order valence-electron chi connectivity index (χ4n) is 0.901. The van der Waals surface area contributed by atoms with Gasteiger partial charge in [0.1, 0.15) is 5.75 Å². The fraction of sp³-hybridized carbons (Fsp3) is 0.250. The maximum Gasteiger partial charge on any atom is 0.619 e. The molecule has 0 bridgehead atoms. The van der Waals surface area contributed by atoms with Crippen LogP contribution in [0.2, 0.25) is 0 Å². The number of benzene rings is 1. The second-order valence-electron chi connectivity index (χ2n) is 2.29. The molecule has 12 heavy (non-hydrogen) atoms. The molecule has 0 aliphatic carbocycles. The zero-order valence-corrected chi connectivity index (χ0v) is 10.0. The van der Waals surface area contributed by atoms with Crippen LogP contribution in [0.3, 0.4) is 0 Å². The molecule has 0 aliphatic heterocycles. The van der Waals surface area contributed by atoms with Gasteiger partial charge in [0.05, 0.1) is 7.11 Å². The minimum absolute atomic E-state index is 0. The van der Waals surface area contributed by atoms with Crippen LogP contribution in [0.25, 0.3) is 0 Å². The maximum atomic E-state index is 12.0. The van der Waals surface area contributed by atoms with E-state index in [0.29, 0.717) is 4.55 Å². The summed E-state index contributed by atoms with van der Waals surface area (Å²) in [5, 5.41) is 0. The van der Waals surface area contributed by atoms with Crippen LogP contribution < -0.4 is 4.74 Å². The number of halogens is 2. The predicted molar refractivity (Wildman–Crippen MR) is 53.9 cm³/mol. The van der Waals surface area contributed by atoms with Crippen LogP contribution in [0.15, 0.2) is 24.3 Å². The molecule has 0 radical (unpaired) electrons. The van der Waals surface area contributed by atoms with Crippen LogP contribution in [0.5, 0.6) is 5.75 Å². The summed E-state index contributed by atoms with van der Waals surface area (Å²) < 4.78 is 17.6. The average molecular weight is 245 g/mol. The monoisotopic (exact) mass is 244 g/mol. The number of hydrogen-bond donors (Lipinski definition) is 0. The third kappa shape index (κ3) is 3.73. The van der Waals surface area contributed by atoms with Gasteiger partial charge in [-0.3, -0.25) is 0 Å². The molecule has 4 heteroatoms. The quantitative estimate of drug-likeness (QED) is 0.743. The summed E-state index contributed by atoms with van der Waals surface area (Å²) in [7, 11) is 1.62. The summed E-state index contributed by atoms with van der Waals surface area (Å²) in [6.07, 6.45) is 0. The van der Waals surface area contributed by atoms with Crippen LogP contribution in [-0.2, 0) is 4.55 Å². The van der Waals surface area contributed by atoms with Gasteiger partial charge in [0.25, 0.3) is 0 Å². The smallest absolute Gasteiger partial charge is 0.497 e. The van der Waals surface area contributed by atoms with Gasteiger partial charge in [0.2, 0.25) is 0 Å². The molecule has 0 atom stereocenters. The predicted octanol–water partition coefficient (Wildman–Crippen LogP) is 2.36. The van der Waals surface area contributed by atoms with E-state index in [0.717, 1.165) is 11.3 Å². The van der Waals surface area contributed by atoms with Crippen molar-refractivity contribution in [2.45, 2.75) is 4.55 Å². The van der Waals surface area contributed by atoms with Crippen LogP contribution in [0, 0.1) is 0 Å². The highest BCUT2D eigenvalue weighted by Crippen LogP contribution is 2.10. The lowest BCUT2D eigenvalue weighted by Gasteiger charge is -1.99. The molecule has 0 saturated carbocycles. The molecule has 0 fully saturated rings. The van der Waals surface area contributed by atoms with Gasteiger partial charge in [-0.1, -0.05) is 22.2 Å². The van der Waals surface area contributed by atoms with Crippen LogP contribution in [0.4, 0.5) is 2.96 Å². The summed E-state index contributed by atoms with van der Waals surface area (Å²) in [5.41, 5.74) is 1.07. The number of ether oxygens (including phenoxy) is 1. The van der Waals surface area contributed by atoms with Crippen LogP contribution >= 0.6 is 17.0 Å². The Balaban J connectivity index is 0.00000121. The van der Waals surface area contributed by atoms with Crippen molar-refractivity contribution in [3.63, 3.8) is 0 Å². The lowest BCUT2D eigenvalue weighted by molar-refractivity contribution is 0.414. The molecule has 0 unspecified atom stereocenters. The van der Waals surface area contributed by atoms with E-state index in [4.69, 9.17) is 4.74 Å². The maximum absolute atomic E-state index is 12.0. The van der Waals surface area contributed by atoms with Crippen molar-refractivity contribution in [3.8, 4) is 5.75 Å². The third-order valence-electron chi connectivity index (χ3n) is 1.54. The molecule has 0 aromatic heterocycles. The highest BCUT2D eigenvalue weighted by molar-refractivity contribution is 8.93. The highest BCUT2D eigenvalue weighted by atomic mass is 79.9. The second-order valence-corrected chi connectivity index (χ2v) is 3.17. The van der Waals surface area contributed by atoms with Gasteiger partial charge in [0.15, 0.2) is 0 Å². The van der Waals surface area contributed by atoms with Crippen molar-refractivity contribution in [3.05, 3.63) is 29.8 Å². The minimum atomic E-state index is -1.34. The highest BCUT2D eigenvalue weighted by Gasteiger charge is 1.97. The van der Waals surface area contributed by atoms with E-state index >= 15 is 0 Å². The standard InChI is InChI=1S/C8H9O.BrH.FH.Mg/c1-7-3-5-8(9-2)6-4-7;;;/h3-6H,1H2,2H3;2*1H;/q;;;+1/p-1. The molecule has 0 aliphatic rings. The molecule has 1 aromatic carbocycles. The summed E-state index contributed by atoms with van der Waals surface area (Å²) in [6.45, 7) is 0. The molecule has 1 nitrogen and oxygen atoms in total. The van der Waals surface area contributed by atoms with Crippen LogP contribution in [-0.4, -0.2) is 28.0 Å². The topological polar surface area (TPSA) is 9.23 Å². The zero-order chi connectivity index (χ0) is 8.10. The number of hydrogen-bond acceptors (Lipinski definition) is 1. The first-order chi connectivity index (χ1) is 5.36. The Kier molecular flexibility index (Phi) is 6.79. The van der Waals surface area contributed by atoms with Gasteiger partial charge in [-0.25, -0.2) is 0 Å². The van der Waals surface area contributed by atoms with E-state index in [1.165, 1.54) is 0 Å². The summed E-state index contributed by atoms with van der Waals surface area (Å²) >= 11 is -1.34. The Labute approximate surface area is 92.5 Å². The first-order valence-corrected chi connectivity index (χ1v) is 5.09. The van der Waals surface area contributed by atoms with Gasteiger partial charge in [0, 0.05) is 0 Å². The molecule has 0 N–H and O–H groups in total. The molecule has 0 heterocycles. The van der Waals surface area contributed by atoms with E-state index in [1.54, 1.807) is 7.11 Å². The Morgan fingerprint density at radius 1 is 1.33 bits per heavy atom. The summed E-state index contributed by atoms with van der Waals surface area (Å²) in [5.74, 6) is 0.828. The van der Waals surface area contributed by atoms with E-state index in [1.807, 2.05) is 24.3 Å². The lowest BCUT2D eigenvalue weighted by atomic mass is 10.2. The average Bonchev–Trinajstić information content (AvgIpc) is 2.07. The Morgan fingerprint density at radius 3 is 2.33 bits per heavy atom. The molecular weight excluding hydrogens is 235 g/mol. The molecule has 1 rings (SSSR count). The fourth-order valence-corrected chi connectivity index (χ4v) is 1.45. The van der Waals surface area contributed by atoms with Crippen molar-refractivity contribution in [2.24, 2.45) is 0 Å². The molecular formula is C8H10BrFMgO. The Bertz CT molecular complexity index is 215. The van der Waals surface area contributed by atoms with Gasteiger partial charge < -0.3 is 7.69 Å². The first-order valence-electron chi connectivity index (χ1n) is 3.55. The second kappa shape index (κ2) is 6.68. The van der Waals surface area contributed by atoms with E-state index in [-0.39, 0.29) is 17.0 Å². The van der Waals surface area contributed by atoms with Crippen molar-refractivity contribution < 1.29 is 7.69 Å². The van der Waals surface area contributed by atoms with Crippen molar-refractivity contribution in [1.82, 2.24) is 0 Å². The molecule has 0 amide bonds. The molecule has 64 valence electrons. The van der Waals surface area contributed by atoms with Crippen LogP contribution in [0.1, 0.15) is 5.56 Å². The van der Waals surface area contributed by atoms with Gasteiger partial charge >= 0.3 is 20.9 Å². The summed E-state index contributed by atoms with van der Waals surface area (Å²) in [4.78, 5) is 0. The van der Waals surface area contributed by atoms with E-state index in [2.05, 4.69) is 0 Å². The van der Waals surface area contributed by atoms with Gasteiger partial charge in [-0.2, -0.15) is 0 Å². The van der Waals surface area contributed by atoms with Gasteiger partial charge in [-0.15, -0.1) is 17.0 Å². The normalized spacial score (nSPS) is 8.17. The zero-order valence-electron chi connectivity index (χ0n) is 6.92. The summed E-state index contributed by atoms with van der Waals surface area (Å²) in [6, 6.07) is 7.54. The Morgan fingerprint density at radius 2 is 1.92 bits per heavy atom. The number of rotatable bonds is 3. The van der Waals surface area contributed by atoms with Crippen molar-refractivity contribution in [2.75, 3.05) is 7.11 Å². The molecule has 0 spiro atoms. The SMILES string of the molecule is Br.COc1ccc([CH2][Mg][F])cc1. The molecule has 0 saturated heterocycles. The van der Waals surface area contributed by atoms with Gasteiger partial charge in [-0.05, 0) is 12.1 Å². The number of methoxy groups -OCH3 is 1. The van der Waals surface area contributed by atoms with E-state index in [9.17, 15) is 2.96 Å². The van der Waals surface area contributed by atoms with Crippen molar-refractivity contribution >= 4 is 37.9 Å². The molecule has 1 aromatic rings. The first kappa shape index (κ1) is 12.2.